The molecule has 3 heterocycles. The lowest BCUT2D eigenvalue weighted by Gasteiger charge is -2.46. The largest absolute Gasteiger partial charge is 0.324 e. The summed E-state index contributed by atoms with van der Waals surface area (Å²) in [6.07, 6.45) is 3.70. The molecule has 5 rings (SSSR count). The minimum atomic E-state index is -0.0386. The summed E-state index contributed by atoms with van der Waals surface area (Å²) in [5.41, 5.74) is 10.7. The maximum Gasteiger partial charge on any atom is 0.258 e. The van der Waals surface area contributed by atoms with Crippen LogP contribution < -0.4 is 10.2 Å². The molecule has 0 atom stereocenters. The zero-order valence-electron chi connectivity index (χ0n) is 29.2. The topological polar surface area (TPSA) is 77.5 Å². The lowest BCUT2D eigenvalue weighted by Crippen LogP contribution is -2.57. The van der Waals surface area contributed by atoms with Crippen LogP contribution in [0, 0.1) is 27.7 Å². The van der Waals surface area contributed by atoms with E-state index in [1.54, 1.807) is 4.90 Å². The number of likely N-dealkylation sites (N-methyl/N-ethyl adjacent to an activating group) is 1. The van der Waals surface area contributed by atoms with Gasteiger partial charge in [0.15, 0.2) is 0 Å². The van der Waals surface area contributed by atoms with E-state index in [-0.39, 0.29) is 17.4 Å². The van der Waals surface area contributed by atoms with Gasteiger partial charge in [0.1, 0.15) is 0 Å². The van der Waals surface area contributed by atoms with Gasteiger partial charge >= 0.3 is 0 Å². The number of amides is 1. The first-order valence-corrected chi connectivity index (χ1v) is 16.2. The highest BCUT2D eigenvalue weighted by Crippen LogP contribution is 2.32. The van der Waals surface area contributed by atoms with Crippen molar-refractivity contribution >= 4 is 23.2 Å². The predicted octanol–water partition coefficient (Wildman–Crippen LogP) is 7.44. The van der Waals surface area contributed by atoms with Gasteiger partial charge in [0.25, 0.3) is 5.91 Å². The summed E-state index contributed by atoms with van der Waals surface area (Å²) in [5.74, 6) is 0.719. The molecule has 2 aromatic carbocycles. The fraction of sp³-hybridized carbons (Fsp3) is 0.421. The third-order valence-corrected chi connectivity index (χ3v) is 9.34. The molecule has 1 aliphatic rings. The molecular weight excluding hydrogens is 570 g/mol. The predicted molar refractivity (Wildman–Crippen MR) is 189 cm³/mol. The number of aryl methyl sites for hydroxylation is 4. The quantitative estimate of drug-likeness (QED) is 0.220. The first kappa shape index (κ1) is 33.2. The van der Waals surface area contributed by atoms with Gasteiger partial charge in [0.05, 0.1) is 5.69 Å². The molecule has 8 nitrogen and oxygen atoms in total. The number of hydrogen-bond acceptors (Lipinski definition) is 7. The second-order valence-corrected chi connectivity index (χ2v) is 13.9. The van der Waals surface area contributed by atoms with Crippen molar-refractivity contribution < 1.29 is 4.79 Å². The fourth-order valence-corrected chi connectivity index (χ4v) is 6.36. The number of nitrogens with zero attached hydrogens (tertiary/aromatic N) is 6. The summed E-state index contributed by atoms with van der Waals surface area (Å²) in [4.78, 5) is 34.5. The first-order valence-electron chi connectivity index (χ1n) is 16.2. The van der Waals surface area contributed by atoms with Crippen LogP contribution in [-0.2, 0) is 6.54 Å². The Morgan fingerprint density at radius 2 is 1.72 bits per heavy atom. The number of benzene rings is 2. The first-order chi connectivity index (χ1) is 21.7. The molecule has 0 radical (unpaired) electrons. The molecule has 0 bridgehead atoms. The van der Waals surface area contributed by atoms with Gasteiger partial charge in [-0.25, -0.2) is 9.97 Å². The van der Waals surface area contributed by atoms with Crippen molar-refractivity contribution in [3.63, 3.8) is 0 Å². The second kappa shape index (κ2) is 13.3. The molecular formula is C38H49N7O. The van der Waals surface area contributed by atoms with Crippen LogP contribution in [0.25, 0.3) is 11.3 Å². The van der Waals surface area contributed by atoms with E-state index < -0.39 is 0 Å². The van der Waals surface area contributed by atoms with E-state index in [0.29, 0.717) is 11.5 Å². The molecule has 2 aromatic heterocycles. The SMILES string of the molecule is Cc1cc(CN2CCN(C)CC2(C)C)ccc1C(=O)N(C)c1ccc(C(C)C)c(Nc2ncc(C)c(-c3cnc(C)c(C)c3)n2)c1. The summed E-state index contributed by atoms with van der Waals surface area (Å²) in [5, 5.41) is 3.47. The fourth-order valence-electron chi connectivity index (χ4n) is 6.36. The van der Waals surface area contributed by atoms with Crippen LogP contribution in [-0.4, -0.2) is 69.9 Å². The number of hydrogen-bond donors (Lipinski definition) is 1. The van der Waals surface area contributed by atoms with Gasteiger partial charge in [0, 0.05) is 79.4 Å². The zero-order chi connectivity index (χ0) is 33.3. The Morgan fingerprint density at radius 1 is 0.957 bits per heavy atom. The van der Waals surface area contributed by atoms with Crippen LogP contribution in [0.2, 0.25) is 0 Å². The molecule has 0 aliphatic carbocycles. The molecule has 0 spiro atoms. The normalized spacial score (nSPS) is 15.3. The Morgan fingerprint density at radius 3 is 2.39 bits per heavy atom. The molecule has 1 N–H and O–H groups in total. The monoisotopic (exact) mass is 619 g/mol. The molecule has 4 aromatic rings. The average Bonchev–Trinajstić information content (AvgIpc) is 3.00. The molecule has 242 valence electrons. The number of anilines is 3. The maximum atomic E-state index is 13.8. The van der Waals surface area contributed by atoms with Gasteiger partial charge < -0.3 is 15.1 Å². The van der Waals surface area contributed by atoms with Crippen molar-refractivity contribution in [2.75, 3.05) is 43.9 Å². The van der Waals surface area contributed by atoms with E-state index in [4.69, 9.17) is 4.98 Å². The van der Waals surface area contributed by atoms with Gasteiger partial charge in [-0.15, -0.1) is 0 Å². The van der Waals surface area contributed by atoms with Crippen LogP contribution in [0.1, 0.15) is 77.5 Å². The summed E-state index contributed by atoms with van der Waals surface area (Å²) in [6.45, 7) is 21.1. The molecule has 1 aliphatic heterocycles. The molecule has 46 heavy (non-hydrogen) atoms. The third kappa shape index (κ3) is 7.13. The van der Waals surface area contributed by atoms with Crippen LogP contribution in [0.3, 0.4) is 0 Å². The minimum Gasteiger partial charge on any atom is -0.324 e. The van der Waals surface area contributed by atoms with Crippen LogP contribution >= 0.6 is 0 Å². The number of pyridine rings is 1. The number of nitrogens with one attached hydrogen (secondary N) is 1. The molecule has 1 amide bonds. The maximum absolute atomic E-state index is 13.8. The summed E-state index contributed by atoms with van der Waals surface area (Å²) >= 11 is 0. The number of carbonyl (C=O) groups excluding carboxylic acids is 1. The Balaban J connectivity index is 1.38. The van der Waals surface area contributed by atoms with Crippen molar-refractivity contribution in [3.8, 4) is 11.3 Å². The van der Waals surface area contributed by atoms with E-state index in [0.717, 1.165) is 76.8 Å². The molecule has 1 saturated heterocycles. The zero-order valence-corrected chi connectivity index (χ0v) is 29.2. The Hall–Kier alpha value is -4.14. The van der Waals surface area contributed by atoms with Crippen molar-refractivity contribution in [2.24, 2.45) is 0 Å². The highest BCUT2D eigenvalue weighted by atomic mass is 16.2. The van der Waals surface area contributed by atoms with Gasteiger partial charge in [0.2, 0.25) is 5.95 Å². The number of carbonyl (C=O) groups is 1. The Bertz CT molecular complexity index is 1750. The highest BCUT2D eigenvalue weighted by molar-refractivity contribution is 6.07. The van der Waals surface area contributed by atoms with Gasteiger partial charge in [-0.1, -0.05) is 32.0 Å². The van der Waals surface area contributed by atoms with Crippen molar-refractivity contribution in [1.29, 1.82) is 0 Å². The Kier molecular flexibility index (Phi) is 9.61. The van der Waals surface area contributed by atoms with E-state index in [9.17, 15) is 4.79 Å². The Labute approximate surface area is 274 Å². The molecule has 8 heteroatoms. The van der Waals surface area contributed by atoms with Crippen LogP contribution in [0.5, 0.6) is 0 Å². The second-order valence-electron chi connectivity index (χ2n) is 13.9. The van der Waals surface area contributed by atoms with Crippen LogP contribution in [0.4, 0.5) is 17.3 Å². The molecule has 1 fully saturated rings. The van der Waals surface area contributed by atoms with Gasteiger partial charge in [-0.2, -0.15) is 0 Å². The molecule has 0 saturated carbocycles. The van der Waals surface area contributed by atoms with Gasteiger partial charge in [-0.05, 0) is 107 Å². The third-order valence-electron chi connectivity index (χ3n) is 9.34. The highest BCUT2D eigenvalue weighted by Gasteiger charge is 2.32. The summed E-state index contributed by atoms with van der Waals surface area (Å²) < 4.78 is 0. The van der Waals surface area contributed by atoms with Crippen molar-refractivity contribution in [1.82, 2.24) is 24.8 Å². The number of rotatable bonds is 8. The van der Waals surface area contributed by atoms with E-state index in [1.165, 1.54) is 5.56 Å². The standard InChI is InChI=1S/C38H49N7O/c1-24(2)32-14-12-31(19-34(32)41-37-40-20-27(5)35(42-37)30-18-25(3)28(6)39-21-30)44(10)36(46)33-13-11-29(17-26(33)4)22-45-16-15-43(9)23-38(45,7)8/h11-14,17-21,24H,15-16,22-23H2,1-10H3,(H,40,41,42). The summed E-state index contributed by atoms with van der Waals surface area (Å²) in [7, 11) is 4.02. The van der Waals surface area contributed by atoms with E-state index in [2.05, 4.69) is 91.0 Å². The van der Waals surface area contributed by atoms with E-state index in [1.807, 2.05) is 58.4 Å². The lowest BCUT2D eigenvalue weighted by molar-refractivity contribution is 0.0254. The van der Waals surface area contributed by atoms with Crippen molar-refractivity contribution in [3.05, 3.63) is 93.9 Å². The number of piperazine rings is 1. The lowest BCUT2D eigenvalue weighted by atomic mass is 9.97. The van der Waals surface area contributed by atoms with E-state index >= 15 is 0 Å². The smallest absolute Gasteiger partial charge is 0.258 e. The van der Waals surface area contributed by atoms with Crippen LogP contribution in [0.15, 0.2) is 54.9 Å². The number of aromatic nitrogens is 3. The van der Waals surface area contributed by atoms with Crippen molar-refractivity contribution in [2.45, 2.75) is 73.4 Å². The minimum absolute atomic E-state index is 0.0386. The van der Waals surface area contributed by atoms with Gasteiger partial charge in [-0.3, -0.25) is 14.7 Å². The molecule has 0 unspecified atom stereocenters. The summed E-state index contributed by atoms with van der Waals surface area (Å²) in [6, 6.07) is 14.5. The average molecular weight is 620 g/mol.